The predicted molar refractivity (Wildman–Crippen MR) is 95.7 cm³/mol. The zero-order chi connectivity index (χ0) is 19.8. The second kappa shape index (κ2) is 7.06. The van der Waals surface area contributed by atoms with E-state index in [9.17, 15) is 14.0 Å². The van der Waals surface area contributed by atoms with Crippen LogP contribution in [0.4, 0.5) is 4.39 Å². The van der Waals surface area contributed by atoms with Crippen LogP contribution in [0, 0.1) is 5.82 Å². The average Bonchev–Trinajstić information content (AvgIpc) is 3.31. The highest BCUT2D eigenvalue weighted by Gasteiger charge is 2.41. The summed E-state index contributed by atoms with van der Waals surface area (Å²) in [7, 11) is 0. The number of hydrogen-bond acceptors (Lipinski definition) is 7. The van der Waals surface area contributed by atoms with Crippen molar-refractivity contribution >= 4 is 11.2 Å². The lowest BCUT2D eigenvalue weighted by molar-refractivity contribution is 0.210. The molecule has 144 valence electrons. The summed E-state index contributed by atoms with van der Waals surface area (Å²) < 4.78 is 35.9. The molecule has 2 aromatic heterocycles. The molecule has 7 nitrogen and oxygen atoms in total. The maximum Gasteiger partial charge on any atom is 0.286 e. The van der Waals surface area contributed by atoms with Gasteiger partial charge in [0.15, 0.2) is 4.90 Å². The van der Waals surface area contributed by atoms with E-state index in [0.717, 1.165) is 0 Å². The molecule has 1 N–H and O–H groups in total. The van der Waals surface area contributed by atoms with Gasteiger partial charge in [-0.05, 0) is 38.1 Å². The van der Waals surface area contributed by atoms with Crippen LogP contribution in [0.3, 0.4) is 0 Å². The number of aromatic nitrogens is 3. The topological polar surface area (TPSA) is 108 Å². The molecule has 0 amide bonds. The number of benzene rings is 1. The second-order valence-corrected chi connectivity index (χ2v) is 9.29. The minimum Gasteiger partial charge on any atom is -0.611 e. The zero-order valence-corrected chi connectivity index (χ0v) is 16.2. The first-order valence-corrected chi connectivity index (χ1v) is 9.40. The Morgan fingerprint density at radius 1 is 1.15 bits per heavy atom. The van der Waals surface area contributed by atoms with Gasteiger partial charge in [0, 0.05) is 22.7 Å². The van der Waals surface area contributed by atoms with Crippen LogP contribution in [0.2, 0.25) is 0 Å². The van der Waals surface area contributed by atoms with Crippen molar-refractivity contribution in [1.82, 2.24) is 15.4 Å². The minimum atomic E-state index is -1.55. The molecule has 0 aliphatic heterocycles. The van der Waals surface area contributed by atoms with Crippen LogP contribution in [0.5, 0.6) is 0 Å². The maximum atomic E-state index is 13.1. The Kier molecular flexibility index (Phi) is 5.11. The third kappa shape index (κ3) is 3.76. The summed E-state index contributed by atoms with van der Waals surface area (Å²) in [6.45, 7) is 6.94. The molecule has 9 heteroatoms. The third-order valence-electron chi connectivity index (χ3n) is 4.24. The second-order valence-electron chi connectivity index (χ2n) is 7.26. The van der Waals surface area contributed by atoms with Crippen molar-refractivity contribution < 1.29 is 23.0 Å². The molecule has 3 aromatic rings. The number of rotatable bonds is 6. The molecule has 0 fully saturated rings. The highest BCUT2D eigenvalue weighted by atomic mass is 32.2. The Bertz CT molecular complexity index is 921. The monoisotopic (exact) mass is 393 g/mol. The van der Waals surface area contributed by atoms with Crippen molar-refractivity contribution in [3.63, 3.8) is 0 Å². The van der Waals surface area contributed by atoms with Gasteiger partial charge in [0.25, 0.3) is 11.8 Å². The molecule has 3 rings (SSSR count). The highest BCUT2D eigenvalue weighted by molar-refractivity contribution is 7.92. The SMILES string of the molecule is CC(C)(CO)c1cc(-c2nnc(C(C)(C)[S+]([O-])c3ccc(F)cc3)o2)on1. The van der Waals surface area contributed by atoms with Crippen molar-refractivity contribution in [1.29, 1.82) is 0 Å². The molecule has 0 saturated heterocycles. The lowest BCUT2D eigenvalue weighted by atomic mass is 9.90. The molecule has 0 aliphatic rings. The van der Waals surface area contributed by atoms with E-state index in [2.05, 4.69) is 15.4 Å². The lowest BCUT2D eigenvalue weighted by Gasteiger charge is -2.24. The summed E-state index contributed by atoms with van der Waals surface area (Å²) in [6.07, 6.45) is 0. The molecular formula is C18H20FN3O4S. The van der Waals surface area contributed by atoms with Gasteiger partial charge in [-0.3, -0.25) is 0 Å². The van der Waals surface area contributed by atoms with Gasteiger partial charge in [-0.2, -0.15) is 0 Å². The lowest BCUT2D eigenvalue weighted by Crippen LogP contribution is -2.29. The van der Waals surface area contributed by atoms with Crippen LogP contribution in [0.25, 0.3) is 11.7 Å². The number of aliphatic hydroxyl groups excluding tert-OH is 1. The zero-order valence-electron chi connectivity index (χ0n) is 15.4. The van der Waals surface area contributed by atoms with E-state index in [1.807, 2.05) is 13.8 Å². The summed E-state index contributed by atoms with van der Waals surface area (Å²) in [4.78, 5) is 0.452. The summed E-state index contributed by atoms with van der Waals surface area (Å²) in [5.74, 6) is 0.107. The summed E-state index contributed by atoms with van der Waals surface area (Å²) >= 11 is -1.55. The van der Waals surface area contributed by atoms with Gasteiger partial charge in [-0.1, -0.05) is 19.0 Å². The van der Waals surface area contributed by atoms with Crippen LogP contribution in [-0.4, -0.2) is 31.6 Å². The fourth-order valence-electron chi connectivity index (χ4n) is 2.27. The van der Waals surface area contributed by atoms with E-state index in [1.165, 1.54) is 24.3 Å². The first kappa shape index (κ1) is 19.5. The van der Waals surface area contributed by atoms with Crippen LogP contribution >= 0.6 is 0 Å². The Hall–Kier alpha value is -2.23. The van der Waals surface area contributed by atoms with Crippen LogP contribution < -0.4 is 0 Å². The Labute approximate surface area is 158 Å². The van der Waals surface area contributed by atoms with E-state index in [4.69, 9.17) is 8.94 Å². The molecule has 27 heavy (non-hydrogen) atoms. The number of nitrogens with zero attached hydrogens (tertiary/aromatic N) is 3. The van der Waals surface area contributed by atoms with Crippen molar-refractivity contribution in [3.05, 3.63) is 47.7 Å². The summed E-state index contributed by atoms with van der Waals surface area (Å²) in [5.41, 5.74) is -0.0255. The minimum absolute atomic E-state index is 0.0988. The third-order valence-corrected chi connectivity index (χ3v) is 6.04. The Balaban J connectivity index is 1.87. The molecule has 0 saturated carbocycles. The van der Waals surface area contributed by atoms with Gasteiger partial charge >= 0.3 is 0 Å². The van der Waals surface area contributed by atoms with Gasteiger partial charge in [0.05, 0.1) is 12.3 Å². The van der Waals surface area contributed by atoms with E-state index in [0.29, 0.717) is 10.6 Å². The smallest absolute Gasteiger partial charge is 0.286 e. The van der Waals surface area contributed by atoms with Gasteiger partial charge < -0.3 is 18.6 Å². The molecule has 0 spiro atoms. The fourth-order valence-corrected chi connectivity index (χ4v) is 3.49. The Morgan fingerprint density at radius 3 is 2.44 bits per heavy atom. The molecule has 1 atom stereocenters. The fraction of sp³-hybridized carbons (Fsp3) is 0.389. The maximum absolute atomic E-state index is 13.1. The van der Waals surface area contributed by atoms with Gasteiger partial charge in [0.2, 0.25) is 10.5 Å². The molecule has 1 aromatic carbocycles. The molecule has 1 unspecified atom stereocenters. The van der Waals surface area contributed by atoms with Crippen LogP contribution in [0.1, 0.15) is 39.3 Å². The van der Waals surface area contributed by atoms with Crippen LogP contribution in [-0.2, 0) is 21.3 Å². The summed E-state index contributed by atoms with van der Waals surface area (Å²) in [5, 5.41) is 21.3. The molecule has 0 bridgehead atoms. The Morgan fingerprint density at radius 2 is 1.81 bits per heavy atom. The molecular weight excluding hydrogens is 373 g/mol. The molecule has 0 aliphatic carbocycles. The highest BCUT2D eigenvalue weighted by Crippen LogP contribution is 2.36. The standard InChI is InChI=1S/C18H20FN3O4S/c1-17(2,10-23)14-9-13(26-22-14)15-20-21-16(25-15)18(3,4)27(24)12-7-5-11(19)6-8-12/h5-9,23H,10H2,1-4H3. The number of hydrogen-bond donors (Lipinski definition) is 1. The largest absolute Gasteiger partial charge is 0.611 e. The van der Waals surface area contributed by atoms with Crippen LogP contribution in [0.15, 0.2) is 44.2 Å². The van der Waals surface area contributed by atoms with Crippen molar-refractivity contribution in [2.24, 2.45) is 0 Å². The first-order valence-electron chi connectivity index (χ1n) is 8.25. The average molecular weight is 393 g/mol. The van der Waals surface area contributed by atoms with Crippen molar-refractivity contribution in [2.45, 2.75) is 42.8 Å². The van der Waals surface area contributed by atoms with Gasteiger partial charge in [-0.15, -0.1) is 10.2 Å². The number of aliphatic hydroxyl groups is 1. The predicted octanol–water partition coefficient (Wildman–Crippen LogP) is 3.18. The normalized spacial score (nSPS) is 13.7. The molecule has 2 heterocycles. The van der Waals surface area contributed by atoms with E-state index >= 15 is 0 Å². The first-order chi connectivity index (χ1) is 12.6. The van der Waals surface area contributed by atoms with Gasteiger partial charge in [-0.25, -0.2) is 4.39 Å². The van der Waals surface area contributed by atoms with Crippen molar-refractivity contribution in [3.8, 4) is 11.7 Å². The summed E-state index contributed by atoms with van der Waals surface area (Å²) in [6, 6.07) is 7.05. The van der Waals surface area contributed by atoms with E-state index < -0.39 is 27.2 Å². The quantitative estimate of drug-likeness (QED) is 0.641. The van der Waals surface area contributed by atoms with E-state index in [1.54, 1.807) is 19.9 Å². The van der Waals surface area contributed by atoms with Gasteiger partial charge in [0.1, 0.15) is 5.82 Å². The molecule has 0 radical (unpaired) electrons. The van der Waals surface area contributed by atoms with E-state index in [-0.39, 0.29) is 24.1 Å². The van der Waals surface area contributed by atoms with Crippen molar-refractivity contribution in [2.75, 3.05) is 6.61 Å². The number of halogens is 1.